The van der Waals surface area contributed by atoms with Crippen LogP contribution in [-0.2, 0) is 4.79 Å². The number of nitrogens with one attached hydrogen (secondary N) is 1. The van der Waals surface area contributed by atoms with Gasteiger partial charge in [0, 0.05) is 6.42 Å². The summed E-state index contributed by atoms with van der Waals surface area (Å²) in [6.07, 6.45) is 91.7. The summed E-state index contributed by atoms with van der Waals surface area (Å²) in [5.41, 5.74) is 0. The molecule has 0 aliphatic heterocycles. The van der Waals surface area contributed by atoms with Crippen molar-refractivity contribution < 1.29 is 15.0 Å². The van der Waals surface area contributed by atoms with Crippen LogP contribution in [0.5, 0.6) is 0 Å². The number of hydrogen-bond acceptors (Lipinski definition) is 3. The average molecular weight is 987 g/mol. The monoisotopic (exact) mass is 986 g/mol. The first kappa shape index (κ1) is 68.3. The summed E-state index contributed by atoms with van der Waals surface area (Å²) in [4.78, 5) is 12.5. The molecular weight excluding hydrogens is 867 g/mol. The lowest BCUT2D eigenvalue weighted by atomic mass is 10.0. The maximum atomic E-state index is 12.5. The second-order valence-electron chi connectivity index (χ2n) is 20.7. The third-order valence-corrected chi connectivity index (χ3v) is 13.8. The number of hydrogen-bond donors (Lipinski definition) is 3. The minimum absolute atomic E-state index is 0.0785. The van der Waals surface area contributed by atoms with Gasteiger partial charge in [-0.15, -0.1) is 0 Å². The third kappa shape index (κ3) is 58.1. The minimum atomic E-state index is -0.877. The average Bonchev–Trinajstić information content (AvgIpc) is 3.37. The Balaban J connectivity index is 3.55. The van der Waals surface area contributed by atoms with E-state index in [1.165, 1.54) is 212 Å². The predicted molar refractivity (Wildman–Crippen MR) is 317 cm³/mol. The molecule has 0 aromatic heterocycles. The van der Waals surface area contributed by atoms with Crippen molar-refractivity contribution in [2.45, 2.75) is 315 Å². The van der Waals surface area contributed by atoms with Gasteiger partial charge in [-0.2, -0.15) is 0 Å². The lowest BCUT2D eigenvalue weighted by Gasteiger charge is -2.19. The number of aliphatic hydroxyl groups is 2. The van der Waals surface area contributed by atoms with E-state index >= 15 is 0 Å². The SMILES string of the molecule is CC/C=C\C/C=C\C/C=C\C/C=C\C/C=C\CCCCCCCCCCCCCCCCCC(=O)NC(CO)C(O)/C=C/CC/C=C/CC/C=C/CCCCCCCCCCCCCCCCCCCC. The molecule has 3 N–H and O–H groups in total. The maximum absolute atomic E-state index is 12.5. The zero-order chi connectivity index (χ0) is 51.3. The molecule has 0 saturated heterocycles. The van der Waals surface area contributed by atoms with E-state index in [1.54, 1.807) is 6.08 Å². The van der Waals surface area contributed by atoms with Crippen LogP contribution >= 0.6 is 0 Å². The van der Waals surface area contributed by atoms with Gasteiger partial charge in [0.25, 0.3) is 0 Å². The zero-order valence-corrected chi connectivity index (χ0v) is 47.2. The minimum Gasteiger partial charge on any atom is -0.394 e. The smallest absolute Gasteiger partial charge is 0.220 e. The fourth-order valence-electron chi connectivity index (χ4n) is 9.12. The first-order valence-corrected chi connectivity index (χ1v) is 31.0. The van der Waals surface area contributed by atoms with Gasteiger partial charge in [-0.3, -0.25) is 4.79 Å². The van der Waals surface area contributed by atoms with E-state index < -0.39 is 12.1 Å². The molecule has 4 nitrogen and oxygen atoms in total. The molecule has 4 heteroatoms. The van der Waals surface area contributed by atoms with E-state index in [0.29, 0.717) is 6.42 Å². The van der Waals surface area contributed by atoms with Crippen molar-refractivity contribution in [1.82, 2.24) is 5.32 Å². The Kier molecular flexibility index (Phi) is 59.3. The summed E-state index contributed by atoms with van der Waals surface area (Å²) in [6, 6.07) is -0.652. The topological polar surface area (TPSA) is 69.6 Å². The normalized spacial score (nSPS) is 13.5. The standard InChI is InChI=1S/C67H119NO3/c1-3-5-7-9-11-13-15-17-19-21-23-25-27-29-31-33-34-35-37-39-41-43-45-47-49-51-53-55-57-59-61-63-67(71)68-65(64-69)66(70)62-60-58-56-54-52-50-48-46-44-42-40-38-36-32-30-28-26-24-22-20-18-16-14-12-10-8-6-4-2/h5,7,11,13,17,19,23,25,29,31,44,46,52,54,60,62,65-66,69-70H,3-4,6,8-10,12,14-16,18,20-22,24,26-28,30,32-43,45,47-51,53,55-59,61,63-64H2,1-2H3,(H,68,71)/b7-5-,13-11-,19-17-,25-23-,31-29-,46-44+,54-52+,62-60+. The van der Waals surface area contributed by atoms with Crippen LogP contribution < -0.4 is 5.32 Å². The van der Waals surface area contributed by atoms with Crippen molar-refractivity contribution in [2.24, 2.45) is 0 Å². The van der Waals surface area contributed by atoms with Gasteiger partial charge < -0.3 is 15.5 Å². The Morgan fingerprint density at radius 2 is 0.634 bits per heavy atom. The van der Waals surface area contributed by atoms with Gasteiger partial charge in [-0.05, 0) is 89.9 Å². The lowest BCUT2D eigenvalue weighted by Crippen LogP contribution is -2.45. The number of unbranched alkanes of at least 4 members (excludes halogenated alkanes) is 35. The summed E-state index contributed by atoms with van der Waals surface area (Å²) < 4.78 is 0. The summed E-state index contributed by atoms with van der Waals surface area (Å²) in [7, 11) is 0. The molecule has 0 rings (SSSR count). The van der Waals surface area contributed by atoms with Gasteiger partial charge in [0.1, 0.15) is 0 Å². The van der Waals surface area contributed by atoms with Gasteiger partial charge in [0.15, 0.2) is 0 Å². The van der Waals surface area contributed by atoms with Crippen LogP contribution in [0.4, 0.5) is 0 Å². The van der Waals surface area contributed by atoms with Crippen molar-refractivity contribution in [3.8, 4) is 0 Å². The highest BCUT2D eigenvalue weighted by molar-refractivity contribution is 5.76. The molecule has 0 aliphatic rings. The van der Waals surface area contributed by atoms with Crippen molar-refractivity contribution in [3.05, 3.63) is 97.2 Å². The molecule has 1 amide bonds. The van der Waals surface area contributed by atoms with E-state index in [9.17, 15) is 15.0 Å². The second-order valence-corrected chi connectivity index (χ2v) is 20.7. The first-order chi connectivity index (χ1) is 35.2. The van der Waals surface area contributed by atoms with E-state index in [1.807, 2.05) is 6.08 Å². The highest BCUT2D eigenvalue weighted by Crippen LogP contribution is 2.17. The second kappa shape index (κ2) is 61.6. The lowest BCUT2D eigenvalue weighted by molar-refractivity contribution is -0.123. The molecule has 0 radical (unpaired) electrons. The van der Waals surface area contributed by atoms with Crippen molar-refractivity contribution in [2.75, 3.05) is 6.61 Å². The summed E-state index contributed by atoms with van der Waals surface area (Å²) in [5, 5.41) is 23.2. The molecule has 0 aromatic rings. The molecule has 71 heavy (non-hydrogen) atoms. The van der Waals surface area contributed by atoms with Gasteiger partial charge in [-0.25, -0.2) is 0 Å². The molecule has 0 bridgehead atoms. The van der Waals surface area contributed by atoms with E-state index in [0.717, 1.165) is 70.6 Å². The molecule has 0 saturated carbocycles. The molecule has 2 atom stereocenters. The van der Waals surface area contributed by atoms with Crippen molar-refractivity contribution in [3.63, 3.8) is 0 Å². The molecule has 0 heterocycles. The number of rotatable bonds is 56. The number of carbonyl (C=O) groups is 1. The largest absolute Gasteiger partial charge is 0.394 e. The van der Waals surface area contributed by atoms with Crippen LogP contribution in [0, 0.1) is 0 Å². The van der Waals surface area contributed by atoms with E-state index in [2.05, 4.69) is 104 Å². The van der Waals surface area contributed by atoms with Gasteiger partial charge in [-0.1, -0.05) is 304 Å². The van der Waals surface area contributed by atoms with E-state index in [4.69, 9.17) is 0 Å². The molecule has 0 aromatic carbocycles. The summed E-state index contributed by atoms with van der Waals surface area (Å²) in [5.74, 6) is -0.0785. The number of allylic oxidation sites excluding steroid dienone is 15. The molecule has 0 aliphatic carbocycles. The Labute approximate surface area is 443 Å². The third-order valence-electron chi connectivity index (χ3n) is 13.8. The Morgan fingerprint density at radius 3 is 0.986 bits per heavy atom. The summed E-state index contributed by atoms with van der Waals surface area (Å²) >= 11 is 0. The quantitative estimate of drug-likeness (QED) is 0.0420. The Bertz CT molecular complexity index is 1300. The van der Waals surface area contributed by atoms with Crippen LogP contribution in [0.15, 0.2) is 97.2 Å². The number of amides is 1. The van der Waals surface area contributed by atoms with Crippen LogP contribution in [0.1, 0.15) is 303 Å². The highest BCUT2D eigenvalue weighted by atomic mass is 16.3. The molecule has 0 fully saturated rings. The fourth-order valence-corrected chi connectivity index (χ4v) is 9.12. The van der Waals surface area contributed by atoms with Crippen LogP contribution in [0.3, 0.4) is 0 Å². The number of carbonyl (C=O) groups excluding carboxylic acids is 1. The van der Waals surface area contributed by atoms with Crippen molar-refractivity contribution in [1.29, 1.82) is 0 Å². The fraction of sp³-hybridized carbons (Fsp3) is 0.746. The predicted octanol–water partition coefficient (Wildman–Crippen LogP) is 20.9. The van der Waals surface area contributed by atoms with Crippen molar-refractivity contribution >= 4 is 5.91 Å². The number of aliphatic hydroxyl groups excluding tert-OH is 2. The molecule has 0 spiro atoms. The highest BCUT2D eigenvalue weighted by Gasteiger charge is 2.18. The van der Waals surface area contributed by atoms with Crippen LogP contribution in [0.2, 0.25) is 0 Å². The van der Waals surface area contributed by atoms with Gasteiger partial charge in [0.2, 0.25) is 5.91 Å². The maximum Gasteiger partial charge on any atom is 0.220 e. The van der Waals surface area contributed by atoms with Crippen LogP contribution in [-0.4, -0.2) is 34.9 Å². The Morgan fingerprint density at radius 1 is 0.352 bits per heavy atom. The Hall–Kier alpha value is -2.69. The zero-order valence-electron chi connectivity index (χ0n) is 47.2. The molecular formula is C67H119NO3. The summed E-state index contributed by atoms with van der Waals surface area (Å²) in [6.45, 7) is 4.20. The van der Waals surface area contributed by atoms with E-state index in [-0.39, 0.29) is 12.5 Å². The molecule has 410 valence electrons. The van der Waals surface area contributed by atoms with Gasteiger partial charge in [0.05, 0.1) is 18.8 Å². The molecule has 2 unspecified atom stereocenters. The van der Waals surface area contributed by atoms with Crippen LogP contribution in [0.25, 0.3) is 0 Å². The first-order valence-electron chi connectivity index (χ1n) is 31.0. The van der Waals surface area contributed by atoms with Gasteiger partial charge >= 0.3 is 0 Å².